The average molecular weight is 743 g/mol. The number of halogens is 8. The summed E-state index contributed by atoms with van der Waals surface area (Å²) < 4.78 is 107. The van der Waals surface area contributed by atoms with E-state index in [9.17, 15) is 35.1 Å². The van der Waals surface area contributed by atoms with E-state index in [1.807, 2.05) is 0 Å². The number of nitrogens with zero attached hydrogens (tertiary/aromatic N) is 9. The van der Waals surface area contributed by atoms with E-state index in [2.05, 4.69) is 40.1 Å². The minimum Gasteiger partial charge on any atom is -0.395 e. The molecular weight excluding hydrogens is 716 g/mol. The van der Waals surface area contributed by atoms with Gasteiger partial charge in [0.05, 0.1) is 29.9 Å². The maximum Gasteiger partial charge on any atom is 0.426 e. The van der Waals surface area contributed by atoms with Crippen molar-refractivity contribution in [2.45, 2.75) is 37.5 Å². The number of nitrogens with one attached hydrogen (secondary N) is 1. The molecular formula is C33H26F8N12. The Labute approximate surface area is 293 Å². The van der Waals surface area contributed by atoms with Crippen LogP contribution in [0.5, 0.6) is 0 Å². The lowest BCUT2D eigenvalue weighted by atomic mass is 9.99. The van der Waals surface area contributed by atoms with Gasteiger partial charge in [-0.3, -0.25) is 0 Å². The van der Waals surface area contributed by atoms with Crippen molar-refractivity contribution in [1.82, 2.24) is 49.5 Å². The van der Waals surface area contributed by atoms with Crippen LogP contribution in [0.2, 0.25) is 0 Å². The first-order valence-corrected chi connectivity index (χ1v) is 15.2. The van der Waals surface area contributed by atoms with Gasteiger partial charge in [0.2, 0.25) is 11.3 Å². The van der Waals surface area contributed by atoms with E-state index in [1.165, 1.54) is 40.2 Å². The monoisotopic (exact) mass is 742 g/mol. The molecule has 20 heteroatoms. The molecule has 0 fully saturated rings. The first kappa shape index (κ1) is 36.3. The van der Waals surface area contributed by atoms with Crippen molar-refractivity contribution in [3.05, 3.63) is 103 Å². The lowest BCUT2D eigenvalue weighted by molar-refractivity contribution is -0.229. The highest BCUT2D eigenvalue weighted by Crippen LogP contribution is 2.43. The van der Waals surface area contributed by atoms with E-state index < -0.39 is 34.8 Å². The number of aromatic amines is 1. The maximum absolute atomic E-state index is 14.0. The van der Waals surface area contributed by atoms with Gasteiger partial charge >= 0.3 is 12.4 Å². The molecule has 2 atom stereocenters. The van der Waals surface area contributed by atoms with Crippen molar-refractivity contribution in [2.75, 3.05) is 11.5 Å². The van der Waals surface area contributed by atoms with Crippen LogP contribution in [-0.4, -0.2) is 61.8 Å². The van der Waals surface area contributed by atoms with Gasteiger partial charge in [-0.25, -0.2) is 43.1 Å². The molecule has 7 aromatic heterocycles. The van der Waals surface area contributed by atoms with Gasteiger partial charge in [0.15, 0.2) is 17.3 Å². The van der Waals surface area contributed by atoms with Gasteiger partial charge in [-0.05, 0) is 38.1 Å². The van der Waals surface area contributed by atoms with Crippen molar-refractivity contribution in [3.8, 4) is 33.9 Å². The van der Waals surface area contributed by atoms with Crippen molar-refractivity contribution in [3.63, 3.8) is 0 Å². The Hall–Kier alpha value is -6.47. The molecule has 274 valence electrons. The van der Waals surface area contributed by atoms with Crippen molar-refractivity contribution in [1.29, 1.82) is 0 Å². The van der Waals surface area contributed by atoms with Crippen LogP contribution in [0.25, 0.3) is 45.1 Å². The molecule has 0 saturated carbocycles. The summed E-state index contributed by atoms with van der Waals surface area (Å²) in [6.07, 6.45) is 2.59. The molecule has 7 rings (SSSR count). The SMILES string of the molecule is CC(F)(c1ccc(-n2cc(-c3ccnc(N)c3N)cn2)nc1)C(F)(F)F.CC(F)(c1ccc(-n2cc(-c3ccnc4nc[nH]c34)cn2)nc1)C(F)(F)F. The second-order valence-corrected chi connectivity index (χ2v) is 11.8. The van der Waals surface area contributed by atoms with E-state index in [1.54, 1.807) is 36.9 Å². The fourth-order valence-corrected chi connectivity index (χ4v) is 4.93. The summed E-state index contributed by atoms with van der Waals surface area (Å²) in [6, 6.07) is 8.05. The van der Waals surface area contributed by atoms with Crippen LogP contribution >= 0.6 is 0 Å². The smallest absolute Gasteiger partial charge is 0.395 e. The topological polar surface area (TPSA) is 168 Å². The first-order valence-electron chi connectivity index (χ1n) is 15.2. The Morgan fingerprint density at radius 3 is 1.57 bits per heavy atom. The second kappa shape index (κ2) is 13.3. The lowest BCUT2D eigenvalue weighted by Crippen LogP contribution is -2.35. The molecule has 2 unspecified atom stereocenters. The summed E-state index contributed by atoms with van der Waals surface area (Å²) in [4.78, 5) is 22.9. The molecule has 0 aliphatic rings. The number of fused-ring (bicyclic) bond motifs is 1. The van der Waals surface area contributed by atoms with E-state index in [0.717, 1.165) is 41.2 Å². The Bertz CT molecular complexity index is 2360. The van der Waals surface area contributed by atoms with Crippen LogP contribution < -0.4 is 11.5 Å². The summed E-state index contributed by atoms with van der Waals surface area (Å²) in [5, 5.41) is 8.27. The highest BCUT2D eigenvalue weighted by molar-refractivity contribution is 5.89. The number of hydrogen-bond donors (Lipinski definition) is 3. The summed E-state index contributed by atoms with van der Waals surface area (Å²) in [7, 11) is 0. The molecule has 0 spiro atoms. The lowest BCUT2D eigenvalue weighted by Gasteiger charge is -2.23. The minimum absolute atomic E-state index is 0.173. The Balaban J connectivity index is 0.000000182. The average Bonchev–Trinajstić information content (AvgIpc) is 3.91. The number of anilines is 2. The Morgan fingerprint density at radius 1 is 0.585 bits per heavy atom. The Kier molecular flexibility index (Phi) is 9.08. The Morgan fingerprint density at radius 2 is 1.08 bits per heavy atom. The van der Waals surface area contributed by atoms with E-state index in [-0.39, 0.29) is 23.1 Å². The number of hydrogen-bond acceptors (Lipinski definition) is 9. The maximum atomic E-state index is 14.0. The highest BCUT2D eigenvalue weighted by Gasteiger charge is 2.54. The third-order valence-corrected chi connectivity index (χ3v) is 8.25. The third-order valence-electron chi connectivity index (χ3n) is 8.25. The molecule has 0 saturated heterocycles. The first-order chi connectivity index (χ1) is 24.9. The molecule has 0 amide bonds. The van der Waals surface area contributed by atoms with Crippen LogP contribution in [0.15, 0.2) is 92.3 Å². The third kappa shape index (κ3) is 6.94. The van der Waals surface area contributed by atoms with Gasteiger partial charge in [0.25, 0.3) is 0 Å². The molecule has 0 aliphatic carbocycles. The zero-order valence-corrected chi connectivity index (χ0v) is 27.4. The summed E-state index contributed by atoms with van der Waals surface area (Å²) in [6.45, 7) is 0.918. The van der Waals surface area contributed by atoms with Crippen molar-refractivity contribution >= 4 is 22.7 Å². The molecule has 7 aromatic rings. The molecule has 0 aromatic carbocycles. The van der Waals surface area contributed by atoms with Crippen LogP contribution in [0.3, 0.4) is 0 Å². The molecule has 12 nitrogen and oxygen atoms in total. The van der Waals surface area contributed by atoms with E-state index in [0.29, 0.717) is 30.6 Å². The summed E-state index contributed by atoms with van der Waals surface area (Å²) >= 11 is 0. The van der Waals surface area contributed by atoms with E-state index >= 15 is 0 Å². The number of nitrogens with two attached hydrogens (primary N) is 2. The van der Waals surface area contributed by atoms with Crippen molar-refractivity contribution < 1.29 is 35.1 Å². The molecule has 0 radical (unpaired) electrons. The largest absolute Gasteiger partial charge is 0.426 e. The minimum atomic E-state index is -5.03. The van der Waals surface area contributed by atoms with Gasteiger partial charge in [-0.1, -0.05) is 12.1 Å². The second-order valence-electron chi connectivity index (χ2n) is 11.8. The summed E-state index contributed by atoms with van der Waals surface area (Å²) in [5.41, 5.74) is 7.77. The normalized spacial score (nSPS) is 14.3. The van der Waals surface area contributed by atoms with Crippen LogP contribution in [0.4, 0.5) is 46.6 Å². The van der Waals surface area contributed by atoms with Crippen LogP contribution in [0.1, 0.15) is 25.0 Å². The molecule has 5 N–H and O–H groups in total. The predicted molar refractivity (Wildman–Crippen MR) is 177 cm³/mol. The molecule has 7 heterocycles. The van der Waals surface area contributed by atoms with Gasteiger partial charge in [0, 0.05) is 70.6 Å². The van der Waals surface area contributed by atoms with E-state index in [4.69, 9.17) is 11.5 Å². The molecule has 0 aliphatic heterocycles. The van der Waals surface area contributed by atoms with Crippen LogP contribution in [0, 0.1) is 0 Å². The fourth-order valence-electron chi connectivity index (χ4n) is 4.93. The van der Waals surface area contributed by atoms with Gasteiger partial charge in [-0.15, -0.1) is 0 Å². The van der Waals surface area contributed by atoms with Gasteiger partial charge < -0.3 is 16.5 Å². The predicted octanol–water partition coefficient (Wildman–Crippen LogP) is 7.19. The standard InChI is InChI=1S/C17H12F4N6.C16H14F4N6/c1-16(18,17(19,20)21)11-2-3-13(23-7-11)27-8-10(6-26-27)12-4-5-22-15-14(12)24-9-25-15;1-15(17,16(18,19)20)10-2-3-12(24-7-10)26-8-9(6-25-26)11-4-5-23-14(22)13(11)21/h2-9H,1H3,(H,22,24,25);2-8H,21H2,1H3,(H2,22,23). The number of pyridine rings is 4. The summed E-state index contributed by atoms with van der Waals surface area (Å²) in [5.74, 6) is 0.656. The zero-order chi connectivity index (χ0) is 38.3. The number of alkyl halides is 8. The fraction of sp³-hybridized carbons (Fsp3) is 0.182. The van der Waals surface area contributed by atoms with Gasteiger partial charge in [-0.2, -0.15) is 36.5 Å². The quantitative estimate of drug-likeness (QED) is 0.149. The number of aromatic nitrogens is 10. The number of H-pyrrole nitrogens is 1. The highest BCUT2D eigenvalue weighted by atomic mass is 19.4. The zero-order valence-electron chi connectivity index (χ0n) is 27.4. The molecule has 0 bridgehead atoms. The van der Waals surface area contributed by atoms with Crippen molar-refractivity contribution in [2.24, 2.45) is 0 Å². The molecule has 53 heavy (non-hydrogen) atoms. The number of rotatable bonds is 6. The van der Waals surface area contributed by atoms with Gasteiger partial charge in [0.1, 0.15) is 5.82 Å². The number of nitrogen functional groups attached to an aromatic ring is 2. The van der Waals surface area contributed by atoms with Crippen LogP contribution in [-0.2, 0) is 11.3 Å². The number of imidazole rings is 1.